The number of urea groups is 1. The second-order valence-corrected chi connectivity index (χ2v) is 4.11. The molecule has 2 aliphatic rings. The first-order valence-electron chi connectivity index (χ1n) is 5.46. The molecule has 2 fully saturated rings. The van der Waals surface area contributed by atoms with Gasteiger partial charge in [0, 0.05) is 19.1 Å². The highest BCUT2D eigenvalue weighted by molar-refractivity contribution is 5.96. The summed E-state index contributed by atoms with van der Waals surface area (Å²) >= 11 is 0. The van der Waals surface area contributed by atoms with Crippen molar-refractivity contribution >= 4 is 11.9 Å². The summed E-state index contributed by atoms with van der Waals surface area (Å²) < 4.78 is 5.34. The minimum atomic E-state index is -0.401. The first kappa shape index (κ1) is 10.4. The molecule has 1 aliphatic heterocycles. The molecule has 0 bridgehead atoms. The van der Waals surface area contributed by atoms with Crippen molar-refractivity contribution in [3.05, 3.63) is 0 Å². The van der Waals surface area contributed by atoms with Crippen molar-refractivity contribution in [2.24, 2.45) is 5.92 Å². The zero-order valence-electron chi connectivity index (χ0n) is 8.62. The molecule has 84 valence electrons. The number of rotatable bonds is 3. The van der Waals surface area contributed by atoms with Gasteiger partial charge in [-0.15, -0.1) is 0 Å². The summed E-state index contributed by atoms with van der Waals surface area (Å²) in [5, 5.41) is 4.96. The molecule has 0 spiro atoms. The smallest absolute Gasteiger partial charge is 0.321 e. The highest BCUT2D eigenvalue weighted by Crippen LogP contribution is 2.28. The summed E-state index contributed by atoms with van der Waals surface area (Å²) in [5.74, 6) is -0.0849. The maximum atomic E-state index is 11.2. The third kappa shape index (κ3) is 3.20. The maximum Gasteiger partial charge on any atom is 0.321 e. The van der Waals surface area contributed by atoms with Crippen molar-refractivity contribution in [3.8, 4) is 0 Å². The van der Waals surface area contributed by atoms with Crippen LogP contribution in [0.5, 0.6) is 0 Å². The van der Waals surface area contributed by atoms with Gasteiger partial charge >= 0.3 is 6.03 Å². The van der Waals surface area contributed by atoms with Crippen molar-refractivity contribution < 1.29 is 14.3 Å². The van der Waals surface area contributed by atoms with Crippen molar-refractivity contribution in [1.82, 2.24) is 10.6 Å². The number of ether oxygens (including phenoxy) is 1. The van der Waals surface area contributed by atoms with Crippen LogP contribution in [0.25, 0.3) is 0 Å². The quantitative estimate of drug-likeness (QED) is 0.711. The van der Waals surface area contributed by atoms with Gasteiger partial charge in [-0.25, -0.2) is 4.79 Å². The van der Waals surface area contributed by atoms with Crippen LogP contribution in [-0.2, 0) is 9.53 Å². The monoisotopic (exact) mass is 212 g/mol. The zero-order valence-corrected chi connectivity index (χ0v) is 8.62. The molecule has 5 heteroatoms. The van der Waals surface area contributed by atoms with Gasteiger partial charge in [0.15, 0.2) is 0 Å². The largest absolute Gasteiger partial charge is 0.376 e. The van der Waals surface area contributed by atoms with Crippen molar-refractivity contribution in [1.29, 1.82) is 0 Å². The SMILES string of the molecule is O=C(NCC1CCCO1)NC(=O)C1CC1. The lowest BCUT2D eigenvalue weighted by Crippen LogP contribution is -2.43. The van der Waals surface area contributed by atoms with Crippen molar-refractivity contribution in [2.75, 3.05) is 13.2 Å². The van der Waals surface area contributed by atoms with E-state index >= 15 is 0 Å². The second-order valence-electron chi connectivity index (χ2n) is 4.11. The zero-order chi connectivity index (χ0) is 10.7. The summed E-state index contributed by atoms with van der Waals surface area (Å²) in [5.41, 5.74) is 0. The Labute approximate surface area is 88.5 Å². The predicted octanol–water partition coefficient (Wildman–Crippen LogP) is 0.401. The van der Waals surface area contributed by atoms with E-state index < -0.39 is 6.03 Å². The van der Waals surface area contributed by atoms with Gasteiger partial charge in [0.25, 0.3) is 0 Å². The second kappa shape index (κ2) is 4.61. The first-order valence-corrected chi connectivity index (χ1v) is 5.46. The van der Waals surface area contributed by atoms with Gasteiger partial charge in [0.05, 0.1) is 6.10 Å². The molecule has 3 amide bonds. The van der Waals surface area contributed by atoms with Crippen LogP contribution in [0.1, 0.15) is 25.7 Å². The Kier molecular flexibility index (Phi) is 3.20. The van der Waals surface area contributed by atoms with Crippen molar-refractivity contribution in [3.63, 3.8) is 0 Å². The molecule has 0 aromatic heterocycles. The van der Waals surface area contributed by atoms with E-state index in [2.05, 4.69) is 10.6 Å². The van der Waals surface area contributed by atoms with Crippen LogP contribution >= 0.6 is 0 Å². The van der Waals surface area contributed by atoms with Crippen LogP contribution in [0, 0.1) is 5.92 Å². The van der Waals surface area contributed by atoms with Crippen LogP contribution < -0.4 is 10.6 Å². The Hall–Kier alpha value is -1.10. The first-order chi connectivity index (χ1) is 7.25. The summed E-state index contributed by atoms with van der Waals surface area (Å²) in [6.07, 6.45) is 3.97. The van der Waals surface area contributed by atoms with E-state index in [0.717, 1.165) is 32.3 Å². The summed E-state index contributed by atoms with van der Waals surface area (Å²) in [4.78, 5) is 22.5. The lowest BCUT2D eigenvalue weighted by Gasteiger charge is -2.10. The average Bonchev–Trinajstić information content (AvgIpc) is 2.93. The molecule has 0 aromatic carbocycles. The molecule has 2 N–H and O–H groups in total. The van der Waals surface area contributed by atoms with Gasteiger partial charge in [0.2, 0.25) is 5.91 Å². The number of amides is 3. The minimum absolute atomic E-state index is 0.0680. The van der Waals surface area contributed by atoms with Gasteiger partial charge in [-0.05, 0) is 25.7 Å². The van der Waals surface area contributed by atoms with Crippen LogP contribution in [0.2, 0.25) is 0 Å². The van der Waals surface area contributed by atoms with E-state index in [4.69, 9.17) is 4.74 Å². The van der Waals surface area contributed by atoms with Crippen LogP contribution in [-0.4, -0.2) is 31.2 Å². The number of nitrogens with one attached hydrogen (secondary N) is 2. The van der Waals surface area contributed by atoms with E-state index in [-0.39, 0.29) is 17.9 Å². The standard InChI is InChI=1S/C10H16N2O3/c13-9(7-3-4-7)12-10(14)11-6-8-2-1-5-15-8/h7-8H,1-6H2,(H2,11,12,13,14). The number of carbonyl (C=O) groups is 2. The molecule has 2 rings (SSSR count). The molecule has 1 aliphatic carbocycles. The third-order valence-electron chi connectivity index (χ3n) is 2.70. The number of imide groups is 1. The number of hydrogen-bond donors (Lipinski definition) is 2. The topological polar surface area (TPSA) is 67.4 Å². The van der Waals surface area contributed by atoms with Crippen molar-refractivity contribution in [2.45, 2.75) is 31.8 Å². The highest BCUT2D eigenvalue weighted by Gasteiger charge is 2.30. The number of carbonyl (C=O) groups excluding carboxylic acids is 2. The number of hydrogen-bond acceptors (Lipinski definition) is 3. The third-order valence-corrected chi connectivity index (χ3v) is 2.70. The molecule has 1 atom stereocenters. The molecule has 1 heterocycles. The molecular weight excluding hydrogens is 196 g/mol. The fraction of sp³-hybridized carbons (Fsp3) is 0.800. The summed E-state index contributed by atoms with van der Waals surface area (Å²) in [7, 11) is 0. The van der Waals surface area contributed by atoms with Crippen LogP contribution in [0.15, 0.2) is 0 Å². The normalized spacial score (nSPS) is 24.9. The Morgan fingerprint density at radius 1 is 1.27 bits per heavy atom. The summed E-state index contributed by atoms with van der Waals surface area (Å²) in [6, 6.07) is -0.401. The molecule has 0 radical (unpaired) electrons. The maximum absolute atomic E-state index is 11.2. The molecule has 15 heavy (non-hydrogen) atoms. The van der Waals surface area contributed by atoms with Gasteiger partial charge in [-0.2, -0.15) is 0 Å². The molecule has 5 nitrogen and oxygen atoms in total. The van der Waals surface area contributed by atoms with E-state index in [1.807, 2.05) is 0 Å². The van der Waals surface area contributed by atoms with Crippen LogP contribution in [0.3, 0.4) is 0 Å². The average molecular weight is 212 g/mol. The van der Waals surface area contributed by atoms with E-state index in [1.54, 1.807) is 0 Å². The summed E-state index contributed by atoms with van der Waals surface area (Å²) in [6.45, 7) is 1.26. The molecule has 1 unspecified atom stereocenters. The molecule has 1 saturated heterocycles. The lowest BCUT2D eigenvalue weighted by atomic mass is 10.2. The Morgan fingerprint density at radius 2 is 2.07 bits per heavy atom. The fourth-order valence-corrected chi connectivity index (χ4v) is 1.62. The highest BCUT2D eigenvalue weighted by atomic mass is 16.5. The van der Waals surface area contributed by atoms with E-state index in [1.165, 1.54) is 0 Å². The predicted molar refractivity (Wildman–Crippen MR) is 53.2 cm³/mol. The lowest BCUT2D eigenvalue weighted by molar-refractivity contribution is -0.121. The van der Waals surface area contributed by atoms with Gasteiger partial charge in [0.1, 0.15) is 0 Å². The molecule has 1 saturated carbocycles. The molecular formula is C10H16N2O3. The molecule has 0 aromatic rings. The van der Waals surface area contributed by atoms with E-state index in [9.17, 15) is 9.59 Å². The van der Waals surface area contributed by atoms with Gasteiger partial charge < -0.3 is 10.1 Å². The van der Waals surface area contributed by atoms with E-state index in [0.29, 0.717) is 6.54 Å². The Balaban J connectivity index is 1.61. The minimum Gasteiger partial charge on any atom is -0.376 e. The van der Waals surface area contributed by atoms with Crippen LogP contribution in [0.4, 0.5) is 4.79 Å². The van der Waals surface area contributed by atoms with Gasteiger partial charge in [-0.3, -0.25) is 10.1 Å². The Bertz CT molecular complexity index is 257. The van der Waals surface area contributed by atoms with Gasteiger partial charge in [-0.1, -0.05) is 0 Å². The fourth-order valence-electron chi connectivity index (χ4n) is 1.62. The Morgan fingerprint density at radius 3 is 2.67 bits per heavy atom.